The maximum atomic E-state index is 12.5. The molecule has 0 saturated carbocycles. The fourth-order valence-corrected chi connectivity index (χ4v) is 3.14. The van der Waals surface area contributed by atoms with Gasteiger partial charge in [-0.15, -0.1) is 0 Å². The van der Waals surface area contributed by atoms with Gasteiger partial charge in [0.25, 0.3) is 5.91 Å². The van der Waals surface area contributed by atoms with Gasteiger partial charge in [-0.2, -0.15) is 5.26 Å². The molecule has 2 aromatic rings. The monoisotopic (exact) mass is 345 g/mol. The zero-order chi connectivity index (χ0) is 18.5. The fraction of sp³-hybridized carbons (Fsp3) is 0.273. The summed E-state index contributed by atoms with van der Waals surface area (Å²) in [5, 5.41) is 12.0. The number of likely N-dealkylation sites (tertiary alicyclic amines) is 1. The van der Waals surface area contributed by atoms with Crippen molar-refractivity contribution in [2.45, 2.75) is 19.8 Å². The van der Waals surface area contributed by atoms with Gasteiger partial charge in [0, 0.05) is 24.3 Å². The lowest BCUT2D eigenvalue weighted by atomic mass is 9.98. The van der Waals surface area contributed by atoms with Crippen molar-refractivity contribution < 1.29 is 4.79 Å². The number of hydrogen-bond donors (Lipinski definition) is 1. The lowest BCUT2D eigenvalue weighted by molar-refractivity contribution is 0.102. The molecule has 1 aliphatic heterocycles. The highest BCUT2D eigenvalue weighted by Gasteiger charge is 2.12. The Kier molecular flexibility index (Phi) is 5.50. The van der Waals surface area contributed by atoms with E-state index in [2.05, 4.69) is 35.5 Å². The van der Waals surface area contributed by atoms with Gasteiger partial charge in [0.05, 0.1) is 11.6 Å². The summed E-state index contributed by atoms with van der Waals surface area (Å²) in [4.78, 5) is 14.9. The number of nitrogens with zero attached hydrogens (tertiary/aromatic N) is 2. The Morgan fingerprint density at radius 1 is 1.19 bits per heavy atom. The third-order valence-electron chi connectivity index (χ3n) is 4.87. The average molecular weight is 345 g/mol. The van der Waals surface area contributed by atoms with Gasteiger partial charge in [-0.1, -0.05) is 29.8 Å². The van der Waals surface area contributed by atoms with Crippen molar-refractivity contribution in [3.05, 3.63) is 70.3 Å². The molecule has 26 heavy (non-hydrogen) atoms. The summed E-state index contributed by atoms with van der Waals surface area (Å²) in [6, 6.07) is 14.8. The van der Waals surface area contributed by atoms with Crippen LogP contribution in [0.2, 0.25) is 0 Å². The molecule has 0 aromatic heterocycles. The lowest BCUT2D eigenvalue weighted by Crippen LogP contribution is -2.26. The summed E-state index contributed by atoms with van der Waals surface area (Å²) in [6.07, 6.45) is 4.44. The quantitative estimate of drug-likeness (QED) is 0.906. The van der Waals surface area contributed by atoms with Crippen LogP contribution in [-0.4, -0.2) is 30.9 Å². The number of carbonyl (C=O) groups is 1. The number of nitriles is 1. The Hall–Kier alpha value is -2.90. The van der Waals surface area contributed by atoms with Crippen molar-refractivity contribution in [1.82, 2.24) is 4.90 Å². The number of benzene rings is 2. The zero-order valence-electron chi connectivity index (χ0n) is 15.2. The lowest BCUT2D eigenvalue weighted by Gasteiger charge is -2.24. The van der Waals surface area contributed by atoms with Crippen LogP contribution in [0.15, 0.2) is 48.0 Å². The van der Waals surface area contributed by atoms with Crippen molar-refractivity contribution in [2.24, 2.45) is 0 Å². The van der Waals surface area contributed by atoms with Crippen LogP contribution in [0.1, 0.15) is 39.9 Å². The first kappa shape index (κ1) is 17.9. The predicted octanol–water partition coefficient (Wildman–Crippen LogP) is 4.23. The minimum atomic E-state index is -0.200. The molecule has 3 rings (SSSR count). The van der Waals surface area contributed by atoms with Crippen LogP contribution < -0.4 is 5.32 Å². The van der Waals surface area contributed by atoms with E-state index in [4.69, 9.17) is 5.26 Å². The SMILES string of the molecule is Cc1c(C=C2CCN(C)CC2)cccc1NC(=O)c1cccc(C#N)c1. The molecule has 1 N–H and O–H groups in total. The van der Waals surface area contributed by atoms with Gasteiger partial charge >= 0.3 is 0 Å². The standard InChI is InChI=1S/C22H23N3O/c1-16-19(13-17-9-11-25(2)12-10-17)6-4-8-21(16)24-22(26)20-7-3-5-18(14-20)15-23/h3-8,13-14H,9-12H2,1-2H3,(H,24,26). The molecule has 1 heterocycles. The Labute approximate surface area is 154 Å². The Balaban J connectivity index is 1.80. The number of carbonyl (C=O) groups excluding carboxylic acids is 1. The second kappa shape index (κ2) is 7.99. The highest BCUT2D eigenvalue weighted by atomic mass is 16.1. The molecule has 1 aliphatic rings. The normalized spacial score (nSPS) is 14.6. The molecule has 1 amide bonds. The van der Waals surface area contributed by atoms with Crippen LogP contribution >= 0.6 is 0 Å². The Morgan fingerprint density at radius 2 is 1.92 bits per heavy atom. The van der Waals surface area contributed by atoms with Gasteiger partial charge in [0.2, 0.25) is 0 Å². The van der Waals surface area contributed by atoms with E-state index < -0.39 is 0 Å². The maximum absolute atomic E-state index is 12.5. The third-order valence-corrected chi connectivity index (χ3v) is 4.87. The smallest absolute Gasteiger partial charge is 0.255 e. The van der Waals surface area contributed by atoms with Crippen LogP contribution in [0, 0.1) is 18.3 Å². The first-order valence-electron chi connectivity index (χ1n) is 8.86. The topological polar surface area (TPSA) is 56.1 Å². The number of nitrogens with one attached hydrogen (secondary N) is 1. The zero-order valence-corrected chi connectivity index (χ0v) is 15.2. The molecule has 2 aromatic carbocycles. The molecule has 0 spiro atoms. The van der Waals surface area contributed by atoms with Crippen molar-refractivity contribution in [1.29, 1.82) is 5.26 Å². The van der Waals surface area contributed by atoms with E-state index >= 15 is 0 Å². The van der Waals surface area contributed by atoms with Gasteiger partial charge in [-0.25, -0.2) is 0 Å². The first-order chi connectivity index (χ1) is 12.6. The first-order valence-corrected chi connectivity index (χ1v) is 8.86. The molecule has 4 heteroatoms. The predicted molar refractivity (Wildman–Crippen MR) is 105 cm³/mol. The summed E-state index contributed by atoms with van der Waals surface area (Å²) < 4.78 is 0. The number of hydrogen-bond acceptors (Lipinski definition) is 3. The summed E-state index contributed by atoms with van der Waals surface area (Å²) >= 11 is 0. The van der Waals surface area contributed by atoms with Gasteiger partial charge < -0.3 is 10.2 Å². The minimum absolute atomic E-state index is 0.200. The van der Waals surface area contributed by atoms with Gasteiger partial charge in [0.1, 0.15) is 0 Å². The van der Waals surface area contributed by atoms with E-state index in [9.17, 15) is 4.79 Å². The summed E-state index contributed by atoms with van der Waals surface area (Å²) in [6.45, 7) is 4.22. The molecule has 132 valence electrons. The van der Waals surface area contributed by atoms with Crippen LogP contribution in [-0.2, 0) is 0 Å². The number of anilines is 1. The van der Waals surface area contributed by atoms with E-state index in [1.54, 1.807) is 24.3 Å². The van der Waals surface area contributed by atoms with E-state index in [-0.39, 0.29) is 5.91 Å². The molecule has 1 fully saturated rings. The molecule has 0 radical (unpaired) electrons. The highest BCUT2D eigenvalue weighted by molar-refractivity contribution is 6.05. The molecular weight excluding hydrogens is 322 g/mol. The van der Waals surface area contributed by atoms with Crippen molar-refractivity contribution in [2.75, 3.05) is 25.5 Å². The second-order valence-electron chi connectivity index (χ2n) is 6.77. The average Bonchev–Trinajstić information content (AvgIpc) is 2.66. The minimum Gasteiger partial charge on any atom is -0.322 e. The molecule has 0 atom stereocenters. The summed E-state index contributed by atoms with van der Waals surface area (Å²) in [7, 11) is 2.15. The maximum Gasteiger partial charge on any atom is 0.255 e. The third kappa shape index (κ3) is 4.19. The van der Waals surface area contributed by atoms with Gasteiger partial charge in [-0.3, -0.25) is 4.79 Å². The second-order valence-corrected chi connectivity index (χ2v) is 6.77. The Bertz CT molecular complexity index is 883. The Morgan fingerprint density at radius 3 is 2.65 bits per heavy atom. The number of amides is 1. The van der Waals surface area contributed by atoms with E-state index in [1.165, 1.54) is 5.57 Å². The highest BCUT2D eigenvalue weighted by Crippen LogP contribution is 2.25. The van der Waals surface area contributed by atoms with Crippen molar-refractivity contribution in [3.8, 4) is 6.07 Å². The molecule has 0 bridgehead atoms. The summed E-state index contributed by atoms with van der Waals surface area (Å²) in [5.74, 6) is -0.200. The largest absolute Gasteiger partial charge is 0.322 e. The summed E-state index contributed by atoms with van der Waals surface area (Å²) in [5.41, 5.74) is 5.44. The molecule has 4 nitrogen and oxygen atoms in total. The van der Waals surface area contributed by atoms with E-state index in [1.807, 2.05) is 19.1 Å². The van der Waals surface area contributed by atoms with Crippen molar-refractivity contribution >= 4 is 17.7 Å². The molecule has 0 aliphatic carbocycles. The fourth-order valence-electron chi connectivity index (χ4n) is 3.14. The van der Waals surface area contributed by atoms with Crippen LogP contribution in [0.4, 0.5) is 5.69 Å². The van der Waals surface area contributed by atoms with Crippen LogP contribution in [0.3, 0.4) is 0 Å². The molecular formula is C22H23N3O. The number of rotatable bonds is 3. The molecule has 1 saturated heterocycles. The molecule has 0 unspecified atom stereocenters. The van der Waals surface area contributed by atoms with Crippen molar-refractivity contribution in [3.63, 3.8) is 0 Å². The van der Waals surface area contributed by atoms with E-state index in [0.29, 0.717) is 11.1 Å². The van der Waals surface area contributed by atoms with Gasteiger partial charge in [0.15, 0.2) is 0 Å². The van der Waals surface area contributed by atoms with Crippen LogP contribution in [0.5, 0.6) is 0 Å². The number of piperidine rings is 1. The van der Waals surface area contributed by atoms with Gasteiger partial charge in [-0.05, 0) is 62.2 Å². The van der Waals surface area contributed by atoms with Crippen LogP contribution in [0.25, 0.3) is 6.08 Å². The van der Waals surface area contributed by atoms with E-state index in [0.717, 1.165) is 42.7 Å².